The molecule has 0 N–H and O–H groups in total. The molecular formula is C16H12ClFN2O2S. The molecule has 2 aromatic heterocycles. The lowest BCUT2D eigenvalue weighted by atomic mass is 10.1. The lowest BCUT2D eigenvalue weighted by molar-refractivity contribution is 0.164. The van der Waals surface area contributed by atoms with Gasteiger partial charge in [0.15, 0.2) is 17.3 Å². The average Bonchev–Trinajstić information content (AvgIpc) is 2.97. The second-order valence-electron chi connectivity index (χ2n) is 4.72. The van der Waals surface area contributed by atoms with Crippen LogP contribution in [0.3, 0.4) is 0 Å². The summed E-state index contributed by atoms with van der Waals surface area (Å²) in [6, 6.07) is 5.31. The van der Waals surface area contributed by atoms with E-state index in [0.717, 1.165) is 15.2 Å². The van der Waals surface area contributed by atoms with Crippen LogP contribution in [0.15, 0.2) is 30.6 Å². The van der Waals surface area contributed by atoms with Gasteiger partial charge >= 0.3 is 0 Å². The van der Waals surface area contributed by atoms with Crippen molar-refractivity contribution in [2.75, 3.05) is 13.2 Å². The molecule has 0 radical (unpaired) electrons. The van der Waals surface area contributed by atoms with E-state index in [1.807, 2.05) is 6.07 Å². The van der Waals surface area contributed by atoms with E-state index in [9.17, 15) is 4.39 Å². The number of hydrogen-bond donors (Lipinski definition) is 0. The average molecular weight is 351 g/mol. The van der Waals surface area contributed by atoms with Crippen molar-refractivity contribution < 1.29 is 13.9 Å². The van der Waals surface area contributed by atoms with Gasteiger partial charge in [0.1, 0.15) is 23.7 Å². The largest absolute Gasteiger partial charge is 0.486 e. The zero-order valence-corrected chi connectivity index (χ0v) is 13.5. The smallest absolute Gasteiger partial charge is 0.197 e. The summed E-state index contributed by atoms with van der Waals surface area (Å²) in [6.07, 6.45) is 6.93. The summed E-state index contributed by atoms with van der Waals surface area (Å²) in [6.45, 7) is 0.809. The molecular weight excluding hydrogens is 339 g/mol. The van der Waals surface area contributed by atoms with E-state index in [4.69, 9.17) is 9.47 Å². The molecule has 3 heterocycles. The van der Waals surface area contributed by atoms with Gasteiger partial charge in [-0.3, -0.25) is 4.98 Å². The van der Waals surface area contributed by atoms with Gasteiger partial charge in [-0.05, 0) is 30.4 Å². The van der Waals surface area contributed by atoms with Crippen LogP contribution in [0.25, 0.3) is 22.4 Å². The Morgan fingerprint density at radius 1 is 1.13 bits per heavy atom. The number of halogens is 2. The van der Waals surface area contributed by atoms with Gasteiger partial charge in [-0.2, -0.15) is 0 Å². The van der Waals surface area contributed by atoms with Gasteiger partial charge in [0.05, 0.1) is 10.9 Å². The third-order valence-corrected chi connectivity index (χ3v) is 4.29. The molecule has 0 saturated carbocycles. The Morgan fingerprint density at radius 2 is 2.00 bits per heavy atom. The maximum atomic E-state index is 14.4. The minimum Gasteiger partial charge on any atom is -0.486 e. The molecule has 0 saturated heterocycles. The number of rotatable bonds is 2. The van der Waals surface area contributed by atoms with E-state index in [1.54, 1.807) is 36.7 Å². The third kappa shape index (κ3) is 3.00. The van der Waals surface area contributed by atoms with Gasteiger partial charge in [0.25, 0.3) is 0 Å². The van der Waals surface area contributed by atoms with Crippen LogP contribution in [0.4, 0.5) is 4.39 Å². The van der Waals surface area contributed by atoms with E-state index < -0.39 is 5.82 Å². The summed E-state index contributed by atoms with van der Waals surface area (Å²) in [5, 5.41) is 0.803. The van der Waals surface area contributed by atoms with Crippen LogP contribution in [0.1, 0.15) is 10.6 Å². The third-order valence-electron chi connectivity index (χ3n) is 3.29. The first-order valence-corrected chi connectivity index (χ1v) is 7.59. The molecule has 7 heteroatoms. The topological polar surface area (TPSA) is 44.2 Å². The molecule has 0 aliphatic carbocycles. The number of aromatic nitrogens is 2. The summed E-state index contributed by atoms with van der Waals surface area (Å²) in [5.41, 5.74) is 1.29. The summed E-state index contributed by atoms with van der Waals surface area (Å²) in [5.74, 6) is 0.227. The maximum absolute atomic E-state index is 14.4. The zero-order chi connectivity index (χ0) is 14.9. The van der Waals surface area contributed by atoms with E-state index in [2.05, 4.69) is 9.97 Å². The van der Waals surface area contributed by atoms with Crippen molar-refractivity contribution in [2.45, 2.75) is 0 Å². The number of ether oxygens (including phenoxy) is 2. The fourth-order valence-corrected chi connectivity index (χ4v) is 3.09. The Bertz CT molecular complexity index is 849. The van der Waals surface area contributed by atoms with Gasteiger partial charge < -0.3 is 9.47 Å². The molecule has 0 bridgehead atoms. The molecule has 1 aliphatic rings. The van der Waals surface area contributed by atoms with E-state index in [0.29, 0.717) is 24.5 Å². The molecule has 0 spiro atoms. The highest BCUT2D eigenvalue weighted by Gasteiger charge is 2.18. The highest BCUT2D eigenvalue weighted by atomic mass is 35.5. The number of pyridine rings is 1. The van der Waals surface area contributed by atoms with Crippen LogP contribution in [0.2, 0.25) is 0 Å². The van der Waals surface area contributed by atoms with Crippen molar-refractivity contribution in [3.8, 4) is 11.5 Å². The highest BCUT2D eigenvalue weighted by molar-refractivity contribution is 7.19. The molecule has 4 rings (SSSR count). The molecule has 118 valence electrons. The second-order valence-corrected chi connectivity index (χ2v) is 5.78. The first-order valence-electron chi connectivity index (χ1n) is 6.78. The first-order chi connectivity index (χ1) is 10.8. The number of nitrogens with zero attached hydrogens (tertiary/aromatic N) is 2. The van der Waals surface area contributed by atoms with E-state index in [-0.39, 0.29) is 18.2 Å². The molecule has 1 aliphatic heterocycles. The number of hydrogen-bond acceptors (Lipinski definition) is 5. The standard InChI is InChI=1S/C16H11FN2O2S.ClH/c17-15-10(1-3-12-16(15)21-8-7-20-12)2-4-14-19-11-9-18-6-5-13(11)22-14;/h1-6,9H,7-8H2;1H/b4-2+;. The van der Waals surface area contributed by atoms with Crippen molar-refractivity contribution in [3.05, 3.63) is 47.0 Å². The number of fused-ring (bicyclic) bond motifs is 2. The van der Waals surface area contributed by atoms with Crippen LogP contribution in [-0.2, 0) is 0 Å². The van der Waals surface area contributed by atoms with Crippen molar-refractivity contribution in [1.29, 1.82) is 0 Å². The quantitative estimate of drug-likeness (QED) is 0.695. The fraction of sp³-hybridized carbons (Fsp3) is 0.125. The number of benzene rings is 1. The predicted molar refractivity (Wildman–Crippen MR) is 91.0 cm³/mol. The van der Waals surface area contributed by atoms with Crippen molar-refractivity contribution in [3.63, 3.8) is 0 Å². The summed E-state index contributed by atoms with van der Waals surface area (Å²) < 4.78 is 26.1. The Kier molecular flexibility index (Phi) is 4.45. The van der Waals surface area contributed by atoms with Crippen LogP contribution in [0, 0.1) is 5.82 Å². The molecule has 4 nitrogen and oxygen atoms in total. The molecule has 3 aromatic rings. The van der Waals surface area contributed by atoms with Crippen LogP contribution < -0.4 is 9.47 Å². The molecule has 0 atom stereocenters. The summed E-state index contributed by atoms with van der Waals surface area (Å²) in [7, 11) is 0. The minimum atomic E-state index is -0.406. The Labute approximate surface area is 142 Å². The van der Waals surface area contributed by atoms with Gasteiger partial charge in [-0.1, -0.05) is 0 Å². The normalized spacial score (nSPS) is 13.3. The lowest BCUT2D eigenvalue weighted by Gasteiger charge is -2.19. The van der Waals surface area contributed by atoms with E-state index in [1.165, 1.54) is 11.3 Å². The van der Waals surface area contributed by atoms with Crippen molar-refractivity contribution in [2.24, 2.45) is 0 Å². The van der Waals surface area contributed by atoms with Crippen molar-refractivity contribution in [1.82, 2.24) is 9.97 Å². The Morgan fingerprint density at radius 3 is 2.87 bits per heavy atom. The Balaban J connectivity index is 0.00000156. The van der Waals surface area contributed by atoms with Crippen molar-refractivity contribution >= 4 is 46.1 Å². The molecule has 0 amide bonds. The van der Waals surface area contributed by atoms with Gasteiger partial charge in [-0.25, -0.2) is 9.37 Å². The van der Waals surface area contributed by atoms with Crippen LogP contribution >= 0.6 is 23.7 Å². The molecule has 1 aromatic carbocycles. The second kappa shape index (κ2) is 6.52. The zero-order valence-electron chi connectivity index (χ0n) is 11.9. The SMILES string of the molecule is Cl.Fc1c(/C=C/c2nc3cnccc3s2)ccc2c1OCCO2. The van der Waals surface area contributed by atoms with Crippen LogP contribution in [-0.4, -0.2) is 23.2 Å². The summed E-state index contributed by atoms with van der Waals surface area (Å²) >= 11 is 1.53. The highest BCUT2D eigenvalue weighted by Crippen LogP contribution is 2.35. The first kappa shape index (κ1) is 15.7. The minimum absolute atomic E-state index is 0. The summed E-state index contributed by atoms with van der Waals surface area (Å²) in [4.78, 5) is 8.47. The van der Waals surface area contributed by atoms with E-state index >= 15 is 0 Å². The predicted octanol–water partition coefficient (Wildman–Crippen LogP) is 4.19. The molecule has 23 heavy (non-hydrogen) atoms. The van der Waals surface area contributed by atoms with Crippen LogP contribution in [0.5, 0.6) is 11.5 Å². The maximum Gasteiger partial charge on any atom is 0.197 e. The molecule has 0 fully saturated rings. The van der Waals surface area contributed by atoms with Gasteiger partial charge in [-0.15, -0.1) is 23.7 Å². The Hall–Kier alpha value is -2.18. The fourth-order valence-electron chi connectivity index (χ4n) is 2.26. The van der Waals surface area contributed by atoms with Gasteiger partial charge in [0.2, 0.25) is 0 Å². The number of thiazole rings is 1. The molecule has 0 unspecified atom stereocenters. The van der Waals surface area contributed by atoms with Gasteiger partial charge in [0, 0.05) is 11.8 Å². The lowest BCUT2D eigenvalue weighted by Crippen LogP contribution is -2.16. The monoisotopic (exact) mass is 350 g/mol.